The number of ketones is 1. The van der Waals surface area contributed by atoms with Gasteiger partial charge in [-0.15, -0.1) is 11.3 Å². The molecule has 0 aliphatic heterocycles. The number of pyridine rings is 2. The van der Waals surface area contributed by atoms with E-state index in [1.807, 2.05) is 45.9 Å². The van der Waals surface area contributed by atoms with Gasteiger partial charge in [0, 0.05) is 31.4 Å². The van der Waals surface area contributed by atoms with Crippen molar-refractivity contribution in [2.24, 2.45) is 0 Å². The van der Waals surface area contributed by atoms with Crippen molar-refractivity contribution in [3.8, 4) is 22.1 Å². The summed E-state index contributed by atoms with van der Waals surface area (Å²) in [5.74, 6) is -1.21. The van der Waals surface area contributed by atoms with Gasteiger partial charge >= 0.3 is 12.1 Å². The van der Waals surface area contributed by atoms with E-state index in [1.165, 1.54) is 30.6 Å². The monoisotopic (exact) mass is 607 g/mol. The molecule has 9 nitrogen and oxygen atoms in total. The van der Waals surface area contributed by atoms with Crippen molar-refractivity contribution in [1.82, 2.24) is 14.9 Å². The lowest BCUT2D eigenvalue weighted by molar-refractivity contribution is -0.143. The smallest absolute Gasteiger partial charge is 0.410 e. The van der Waals surface area contributed by atoms with Gasteiger partial charge in [0.2, 0.25) is 0 Å². The Bertz CT molecular complexity index is 1610. The van der Waals surface area contributed by atoms with E-state index in [2.05, 4.69) is 14.7 Å². The number of methoxy groups -OCH3 is 1. The summed E-state index contributed by atoms with van der Waals surface area (Å²) in [6.07, 6.45) is 3.30. The molecule has 0 unspecified atom stereocenters. The van der Waals surface area contributed by atoms with Crippen LogP contribution in [0.1, 0.15) is 51.7 Å². The zero-order chi connectivity index (χ0) is 31.1. The topological polar surface area (TPSA) is 108 Å². The number of thiophene rings is 1. The highest BCUT2D eigenvalue weighted by Gasteiger charge is 2.22. The van der Waals surface area contributed by atoms with Gasteiger partial charge in [-0.1, -0.05) is 19.1 Å². The maximum absolute atomic E-state index is 14.9. The Morgan fingerprint density at radius 3 is 2.42 bits per heavy atom. The number of hydrogen-bond acceptors (Lipinski definition) is 9. The minimum absolute atomic E-state index is 0.00397. The van der Waals surface area contributed by atoms with Gasteiger partial charge in [0.15, 0.2) is 11.6 Å². The number of esters is 1. The Labute approximate surface area is 253 Å². The molecule has 0 aliphatic rings. The number of rotatable bonds is 11. The molecule has 0 aliphatic carbocycles. The van der Waals surface area contributed by atoms with Gasteiger partial charge in [0.05, 0.1) is 34.4 Å². The summed E-state index contributed by atoms with van der Waals surface area (Å²) in [5, 5.41) is 0. The Morgan fingerprint density at radius 2 is 1.77 bits per heavy atom. The molecule has 0 N–H and O–H groups in total. The molecule has 3 heterocycles. The van der Waals surface area contributed by atoms with E-state index in [-0.39, 0.29) is 30.5 Å². The zero-order valence-corrected chi connectivity index (χ0v) is 25.6. The molecule has 1 amide bonds. The lowest BCUT2D eigenvalue weighted by Crippen LogP contribution is -2.36. The fraction of sp³-hybridized carbons (Fsp3) is 0.344. The van der Waals surface area contributed by atoms with Gasteiger partial charge in [-0.2, -0.15) is 0 Å². The largest absolute Gasteiger partial charge is 0.469 e. The third-order valence-corrected chi connectivity index (χ3v) is 7.32. The zero-order valence-electron chi connectivity index (χ0n) is 24.8. The van der Waals surface area contributed by atoms with Crippen LogP contribution in [0.25, 0.3) is 20.8 Å². The van der Waals surface area contributed by atoms with Crippen molar-refractivity contribution in [2.45, 2.75) is 59.1 Å². The second kappa shape index (κ2) is 13.7. The van der Waals surface area contributed by atoms with Crippen molar-refractivity contribution < 1.29 is 33.0 Å². The lowest BCUT2D eigenvalue weighted by atomic mass is 10.1. The molecule has 0 bridgehead atoms. The summed E-state index contributed by atoms with van der Waals surface area (Å²) < 4.78 is 31.6. The fourth-order valence-electron chi connectivity index (χ4n) is 4.22. The maximum atomic E-state index is 14.9. The second-order valence-electron chi connectivity index (χ2n) is 10.9. The molecular formula is C32H34FN3O6S. The van der Waals surface area contributed by atoms with Crippen LogP contribution in [-0.4, -0.2) is 52.0 Å². The maximum Gasteiger partial charge on any atom is 0.410 e. The first-order chi connectivity index (χ1) is 20.5. The Morgan fingerprint density at radius 1 is 1.00 bits per heavy atom. The van der Waals surface area contributed by atoms with Gasteiger partial charge in [0.1, 0.15) is 23.6 Å². The van der Waals surface area contributed by atoms with Crippen LogP contribution in [0.5, 0.6) is 11.5 Å². The van der Waals surface area contributed by atoms with Crippen molar-refractivity contribution >= 4 is 39.4 Å². The first-order valence-corrected chi connectivity index (χ1v) is 14.6. The minimum Gasteiger partial charge on any atom is -0.469 e. The van der Waals surface area contributed by atoms with Crippen LogP contribution in [0.15, 0.2) is 54.9 Å². The molecule has 0 radical (unpaired) electrons. The summed E-state index contributed by atoms with van der Waals surface area (Å²) in [7, 11) is 1.21. The van der Waals surface area contributed by atoms with Crippen LogP contribution in [0.3, 0.4) is 0 Å². The lowest BCUT2D eigenvalue weighted by Gasteiger charge is -2.27. The minimum atomic E-state index is -0.634. The molecule has 1 aromatic carbocycles. The quantitative estimate of drug-likeness (QED) is 0.131. The molecule has 11 heteroatoms. The predicted molar refractivity (Wildman–Crippen MR) is 162 cm³/mol. The summed E-state index contributed by atoms with van der Waals surface area (Å²) >= 11 is 1.42. The van der Waals surface area contributed by atoms with E-state index in [0.717, 1.165) is 27.3 Å². The first-order valence-electron chi connectivity index (χ1n) is 13.8. The van der Waals surface area contributed by atoms with Crippen molar-refractivity contribution in [3.63, 3.8) is 0 Å². The van der Waals surface area contributed by atoms with Crippen LogP contribution in [-0.2, 0) is 32.0 Å². The van der Waals surface area contributed by atoms with E-state index in [0.29, 0.717) is 29.9 Å². The molecule has 3 aromatic heterocycles. The highest BCUT2D eigenvalue weighted by Crippen LogP contribution is 2.39. The van der Waals surface area contributed by atoms with Crippen LogP contribution in [0.4, 0.5) is 9.18 Å². The average Bonchev–Trinajstić information content (AvgIpc) is 3.39. The second-order valence-corrected chi connectivity index (χ2v) is 12.0. The van der Waals surface area contributed by atoms with Crippen LogP contribution in [0.2, 0.25) is 0 Å². The summed E-state index contributed by atoms with van der Waals surface area (Å²) in [4.78, 5) is 47.5. The van der Waals surface area contributed by atoms with E-state index in [9.17, 15) is 18.8 Å². The van der Waals surface area contributed by atoms with E-state index in [1.54, 1.807) is 29.4 Å². The summed E-state index contributed by atoms with van der Waals surface area (Å²) in [6, 6.07) is 11.6. The van der Waals surface area contributed by atoms with Crippen molar-refractivity contribution in [3.05, 3.63) is 71.8 Å². The number of benzene rings is 1. The fourth-order valence-corrected chi connectivity index (χ4v) is 5.26. The standard InChI is InChI=1S/C32H34FN3O6S/c1-6-13-36(31(39)42-32(2,3)4)19-21-7-9-24(35-18-21)28-17-25-30(43-28)27(11-12-34-25)41-26-10-8-20(15-23(26)33)14-22(37)16-29(38)40-5/h7-12,15,17-18H,6,13-14,16,19H2,1-5H3. The molecular weight excluding hydrogens is 573 g/mol. The molecule has 0 saturated heterocycles. The van der Waals surface area contributed by atoms with E-state index >= 15 is 0 Å². The van der Waals surface area contributed by atoms with Crippen LogP contribution in [0, 0.1) is 5.82 Å². The van der Waals surface area contributed by atoms with Crippen LogP contribution >= 0.6 is 11.3 Å². The normalized spacial score (nSPS) is 11.3. The number of carbonyl (C=O) groups is 3. The van der Waals surface area contributed by atoms with Gasteiger partial charge in [-0.05, 0) is 62.6 Å². The molecule has 43 heavy (non-hydrogen) atoms. The Balaban J connectivity index is 1.48. The Kier molecular flexibility index (Phi) is 10.1. The third-order valence-electron chi connectivity index (χ3n) is 6.16. The average molecular weight is 608 g/mol. The highest BCUT2D eigenvalue weighted by atomic mass is 32.1. The number of Topliss-reactive ketones (excluding diaryl/α,β-unsaturated/α-hetero) is 1. The van der Waals surface area contributed by atoms with Gasteiger partial charge in [-0.3, -0.25) is 19.6 Å². The third kappa shape index (κ3) is 8.57. The van der Waals surface area contributed by atoms with E-state index in [4.69, 9.17) is 9.47 Å². The number of amides is 1. The summed E-state index contributed by atoms with van der Waals surface area (Å²) in [6.45, 7) is 8.48. The highest BCUT2D eigenvalue weighted by molar-refractivity contribution is 7.22. The molecule has 4 aromatic rings. The summed E-state index contributed by atoms with van der Waals surface area (Å²) in [5.41, 5.74) is 2.12. The van der Waals surface area contributed by atoms with Crippen molar-refractivity contribution in [2.75, 3.05) is 13.7 Å². The molecule has 226 valence electrons. The molecule has 0 atom stereocenters. The number of nitrogens with zero attached hydrogens (tertiary/aromatic N) is 3. The SMILES string of the molecule is CCCN(Cc1ccc(-c2cc3nccc(Oc4ccc(CC(=O)CC(=O)OC)cc4F)c3s2)nc1)C(=O)OC(C)(C)C. The predicted octanol–water partition coefficient (Wildman–Crippen LogP) is 7.11. The van der Waals surface area contributed by atoms with Crippen molar-refractivity contribution in [1.29, 1.82) is 0 Å². The van der Waals surface area contributed by atoms with Gasteiger partial charge < -0.3 is 19.1 Å². The molecule has 4 rings (SSSR count). The number of carbonyl (C=O) groups excluding carboxylic acids is 3. The molecule has 0 spiro atoms. The Hall–Kier alpha value is -4.38. The first kappa shape index (κ1) is 31.6. The van der Waals surface area contributed by atoms with E-state index < -0.39 is 17.4 Å². The number of hydrogen-bond donors (Lipinski definition) is 0. The number of aromatic nitrogens is 2. The number of fused-ring (bicyclic) bond motifs is 1. The van der Waals surface area contributed by atoms with Gasteiger partial charge in [0.25, 0.3) is 0 Å². The number of halogens is 1. The molecule has 0 saturated carbocycles. The molecule has 0 fully saturated rings. The van der Waals surface area contributed by atoms with Crippen LogP contribution < -0.4 is 4.74 Å². The van der Waals surface area contributed by atoms with Gasteiger partial charge in [-0.25, -0.2) is 9.18 Å². The number of ether oxygens (including phenoxy) is 3.